The van der Waals surface area contributed by atoms with E-state index in [4.69, 9.17) is 4.74 Å². The van der Waals surface area contributed by atoms with Gasteiger partial charge in [-0.3, -0.25) is 4.79 Å². The van der Waals surface area contributed by atoms with E-state index in [1.807, 2.05) is 18.2 Å². The minimum absolute atomic E-state index is 0.00468. The number of nitrogens with one attached hydrogen (secondary N) is 2. The van der Waals surface area contributed by atoms with Crippen molar-refractivity contribution < 1.29 is 14.6 Å². The number of nitrogens with zero attached hydrogens (tertiary/aromatic N) is 4. The number of hydrogen-bond acceptors (Lipinski definition) is 8. The van der Waals surface area contributed by atoms with Crippen LogP contribution in [0.25, 0.3) is 5.65 Å². The van der Waals surface area contributed by atoms with Crippen LogP contribution in [0, 0.1) is 5.92 Å². The first-order valence-corrected chi connectivity index (χ1v) is 10.8. The Hall–Kier alpha value is -3.20. The number of aliphatic hydroxyl groups excluding tert-OH is 1. The Kier molecular flexibility index (Phi) is 5.19. The van der Waals surface area contributed by atoms with Crippen LogP contribution in [0.4, 0.5) is 17.3 Å². The van der Waals surface area contributed by atoms with E-state index < -0.39 is 6.10 Å². The van der Waals surface area contributed by atoms with Gasteiger partial charge in [-0.1, -0.05) is 6.42 Å². The van der Waals surface area contributed by atoms with Gasteiger partial charge in [0, 0.05) is 25.7 Å². The van der Waals surface area contributed by atoms with E-state index in [-0.39, 0.29) is 17.8 Å². The Bertz CT molecular complexity index is 1110. The SMILES string of the molecule is CNc1cc(Nc2cccnc2OC2CC2)nc2c(C(=O)CC3CCC[C@H]3O)cnn12. The Morgan fingerprint density at radius 1 is 1.32 bits per heavy atom. The second kappa shape index (κ2) is 8.14. The number of rotatable bonds is 8. The van der Waals surface area contributed by atoms with Gasteiger partial charge in [-0.25, -0.2) is 9.97 Å². The van der Waals surface area contributed by atoms with Gasteiger partial charge >= 0.3 is 0 Å². The van der Waals surface area contributed by atoms with E-state index in [2.05, 4.69) is 25.7 Å². The third-order valence-electron chi connectivity index (χ3n) is 5.93. The number of fused-ring (bicyclic) bond motifs is 1. The van der Waals surface area contributed by atoms with Crippen molar-refractivity contribution in [3.05, 3.63) is 36.2 Å². The molecule has 9 nitrogen and oxygen atoms in total. The van der Waals surface area contributed by atoms with Gasteiger partial charge in [-0.05, 0) is 43.7 Å². The number of ether oxygens (including phenoxy) is 1. The summed E-state index contributed by atoms with van der Waals surface area (Å²) in [6, 6.07) is 5.54. The zero-order valence-corrected chi connectivity index (χ0v) is 17.4. The molecule has 0 aromatic carbocycles. The standard InChI is InChI=1S/C22H26N6O3/c1-23-20-11-19(26-16-5-3-9-24-22(16)31-14-7-8-14)27-21-15(12-25-28(20)21)18(30)10-13-4-2-6-17(13)29/h3,5,9,11-14,17,23,29H,2,4,6-8,10H2,1H3,(H,26,27)/t13?,17-/m1/s1. The molecule has 162 valence electrons. The molecule has 9 heteroatoms. The third kappa shape index (κ3) is 4.05. The van der Waals surface area contributed by atoms with Crippen molar-refractivity contribution in [2.45, 2.75) is 50.7 Å². The predicted molar refractivity (Wildman–Crippen MR) is 116 cm³/mol. The van der Waals surface area contributed by atoms with E-state index in [9.17, 15) is 9.90 Å². The number of carbonyl (C=O) groups is 1. The number of hydrogen-bond donors (Lipinski definition) is 3. The summed E-state index contributed by atoms with van der Waals surface area (Å²) in [4.78, 5) is 22.0. The normalized spacial score (nSPS) is 20.7. The number of Topliss-reactive ketones (excluding diaryl/α,β-unsaturated/α-hetero) is 1. The van der Waals surface area contributed by atoms with Gasteiger partial charge in [0.15, 0.2) is 11.4 Å². The van der Waals surface area contributed by atoms with Gasteiger partial charge in [0.1, 0.15) is 23.4 Å². The van der Waals surface area contributed by atoms with Crippen molar-refractivity contribution in [2.75, 3.05) is 17.7 Å². The van der Waals surface area contributed by atoms with Crippen LogP contribution in [-0.2, 0) is 0 Å². The van der Waals surface area contributed by atoms with Gasteiger partial charge in [-0.15, -0.1) is 0 Å². The number of carbonyl (C=O) groups excluding carboxylic acids is 1. The molecule has 3 aromatic rings. The molecule has 0 spiro atoms. The lowest BCUT2D eigenvalue weighted by Crippen LogP contribution is -2.17. The van der Waals surface area contributed by atoms with Crippen LogP contribution in [-0.4, -0.2) is 49.7 Å². The molecule has 0 aliphatic heterocycles. The van der Waals surface area contributed by atoms with Crippen LogP contribution in [0.3, 0.4) is 0 Å². The minimum Gasteiger partial charge on any atom is -0.473 e. The Morgan fingerprint density at radius 3 is 2.94 bits per heavy atom. The number of ketones is 1. The number of anilines is 3. The van der Waals surface area contributed by atoms with Gasteiger partial charge in [-0.2, -0.15) is 9.61 Å². The molecule has 5 rings (SSSR count). The number of aromatic nitrogens is 4. The summed E-state index contributed by atoms with van der Waals surface area (Å²) in [5.41, 5.74) is 1.65. The molecule has 3 N–H and O–H groups in total. The van der Waals surface area contributed by atoms with E-state index in [1.54, 1.807) is 24.0 Å². The summed E-state index contributed by atoms with van der Waals surface area (Å²) in [5, 5.41) is 20.9. The quantitative estimate of drug-likeness (QED) is 0.474. The summed E-state index contributed by atoms with van der Waals surface area (Å²) in [6.45, 7) is 0. The maximum atomic E-state index is 13.0. The van der Waals surface area contributed by atoms with Crippen LogP contribution in [0.15, 0.2) is 30.6 Å². The van der Waals surface area contributed by atoms with Crippen molar-refractivity contribution in [1.82, 2.24) is 19.6 Å². The highest BCUT2D eigenvalue weighted by Crippen LogP contribution is 2.33. The molecule has 0 radical (unpaired) electrons. The largest absolute Gasteiger partial charge is 0.473 e. The molecule has 2 fully saturated rings. The molecule has 1 unspecified atom stereocenters. The summed E-state index contributed by atoms with van der Waals surface area (Å²) < 4.78 is 7.51. The highest BCUT2D eigenvalue weighted by molar-refractivity contribution is 6.01. The lowest BCUT2D eigenvalue weighted by molar-refractivity contribution is 0.0869. The molecular formula is C22H26N6O3. The van der Waals surface area contributed by atoms with Crippen LogP contribution in [0.5, 0.6) is 5.88 Å². The maximum Gasteiger partial charge on any atom is 0.238 e. The molecule has 3 aromatic heterocycles. The van der Waals surface area contributed by atoms with Crippen LogP contribution < -0.4 is 15.4 Å². The molecule has 2 saturated carbocycles. The topological polar surface area (TPSA) is 114 Å². The number of aliphatic hydroxyl groups is 1. The Morgan fingerprint density at radius 2 is 2.19 bits per heavy atom. The fourth-order valence-corrected chi connectivity index (χ4v) is 4.07. The summed E-state index contributed by atoms with van der Waals surface area (Å²) in [5.74, 6) is 1.75. The predicted octanol–water partition coefficient (Wildman–Crippen LogP) is 3.18. The smallest absolute Gasteiger partial charge is 0.238 e. The molecule has 3 heterocycles. The van der Waals surface area contributed by atoms with Gasteiger partial charge in [0.25, 0.3) is 0 Å². The lowest BCUT2D eigenvalue weighted by atomic mass is 9.96. The van der Waals surface area contributed by atoms with Crippen molar-refractivity contribution >= 4 is 28.8 Å². The first kappa shape index (κ1) is 19.7. The Balaban J connectivity index is 1.46. The zero-order valence-electron chi connectivity index (χ0n) is 17.4. The third-order valence-corrected chi connectivity index (χ3v) is 5.93. The number of pyridine rings is 1. The maximum absolute atomic E-state index is 13.0. The van der Waals surface area contributed by atoms with Crippen molar-refractivity contribution in [2.24, 2.45) is 5.92 Å². The van der Waals surface area contributed by atoms with Gasteiger partial charge in [0.05, 0.1) is 17.9 Å². The van der Waals surface area contributed by atoms with Gasteiger partial charge < -0.3 is 20.5 Å². The summed E-state index contributed by atoms with van der Waals surface area (Å²) in [6.07, 6.45) is 8.06. The molecule has 0 saturated heterocycles. The van der Waals surface area contributed by atoms with Crippen molar-refractivity contribution in [1.29, 1.82) is 0 Å². The van der Waals surface area contributed by atoms with Crippen LogP contribution in [0.1, 0.15) is 48.9 Å². The van der Waals surface area contributed by atoms with Crippen LogP contribution in [0.2, 0.25) is 0 Å². The van der Waals surface area contributed by atoms with Crippen molar-refractivity contribution in [3.8, 4) is 5.88 Å². The monoisotopic (exact) mass is 422 g/mol. The lowest BCUT2D eigenvalue weighted by Gasteiger charge is -2.14. The molecule has 2 aliphatic rings. The van der Waals surface area contributed by atoms with Gasteiger partial charge in [0.2, 0.25) is 5.88 Å². The van der Waals surface area contributed by atoms with E-state index in [1.165, 1.54) is 0 Å². The minimum atomic E-state index is -0.403. The molecule has 0 amide bonds. The average molecular weight is 422 g/mol. The second-order valence-electron chi connectivity index (χ2n) is 8.25. The fraction of sp³-hybridized carbons (Fsp3) is 0.455. The van der Waals surface area contributed by atoms with Crippen LogP contribution >= 0.6 is 0 Å². The summed E-state index contributed by atoms with van der Waals surface area (Å²) in [7, 11) is 1.79. The molecule has 2 atom stereocenters. The molecular weight excluding hydrogens is 396 g/mol. The Labute approximate surface area is 179 Å². The molecule has 0 bridgehead atoms. The average Bonchev–Trinajstić information content (AvgIpc) is 3.34. The van der Waals surface area contributed by atoms with Crippen molar-refractivity contribution in [3.63, 3.8) is 0 Å². The highest BCUT2D eigenvalue weighted by Gasteiger charge is 2.29. The zero-order chi connectivity index (χ0) is 21.4. The molecule has 2 aliphatic carbocycles. The van der Waals surface area contributed by atoms with E-state index >= 15 is 0 Å². The fourth-order valence-electron chi connectivity index (χ4n) is 4.07. The van der Waals surface area contributed by atoms with E-state index in [0.717, 1.165) is 37.8 Å². The van der Waals surface area contributed by atoms with E-state index in [0.29, 0.717) is 35.1 Å². The second-order valence-corrected chi connectivity index (χ2v) is 8.25. The summed E-state index contributed by atoms with van der Waals surface area (Å²) >= 11 is 0. The molecule has 31 heavy (non-hydrogen) atoms. The highest BCUT2D eigenvalue weighted by atomic mass is 16.5. The first-order valence-electron chi connectivity index (χ1n) is 10.8. The first-order chi connectivity index (χ1) is 15.1.